The summed E-state index contributed by atoms with van der Waals surface area (Å²) in [6.07, 6.45) is 0.755. The van der Waals surface area contributed by atoms with Gasteiger partial charge in [0.1, 0.15) is 6.04 Å². The van der Waals surface area contributed by atoms with Gasteiger partial charge >= 0.3 is 5.97 Å². The van der Waals surface area contributed by atoms with E-state index in [0.29, 0.717) is 0 Å². The molecule has 4 heteroatoms. The van der Waals surface area contributed by atoms with Gasteiger partial charge in [0, 0.05) is 13.1 Å². The monoisotopic (exact) mass is 230 g/mol. The number of nitrogens with zero attached hydrogens (tertiary/aromatic N) is 1. The van der Waals surface area contributed by atoms with E-state index in [-0.39, 0.29) is 17.4 Å². The number of esters is 1. The molecule has 0 aromatic carbocycles. The van der Waals surface area contributed by atoms with Crippen molar-refractivity contribution in [3.05, 3.63) is 0 Å². The van der Waals surface area contributed by atoms with Gasteiger partial charge in [0.25, 0.3) is 0 Å². The van der Waals surface area contributed by atoms with Gasteiger partial charge in [0.2, 0.25) is 0 Å². The van der Waals surface area contributed by atoms with Gasteiger partial charge in [-0.25, -0.2) is 0 Å². The minimum absolute atomic E-state index is 0.144. The summed E-state index contributed by atoms with van der Waals surface area (Å²) in [4.78, 5) is 13.5. The first-order chi connectivity index (χ1) is 7.32. The lowest BCUT2D eigenvalue weighted by Crippen LogP contribution is -2.45. The van der Waals surface area contributed by atoms with Crippen molar-refractivity contribution in [2.24, 2.45) is 5.41 Å². The smallest absolute Gasteiger partial charge is 0.322 e. The van der Waals surface area contributed by atoms with Crippen LogP contribution in [0.2, 0.25) is 0 Å². The zero-order chi connectivity index (χ0) is 12.8. The number of ether oxygens (including phenoxy) is 1. The highest BCUT2D eigenvalue weighted by Crippen LogP contribution is 2.14. The van der Waals surface area contributed by atoms with Crippen molar-refractivity contribution in [2.75, 3.05) is 34.3 Å². The minimum Gasteiger partial charge on any atom is -0.468 e. The van der Waals surface area contributed by atoms with Gasteiger partial charge < -0.3 is 15.0 Å². The van der Waals surface area contributed by atoms with Crippen LogP contribution in [-0.2, 0) is 9.53 Å². The molecule has 96 valence electrons. The fourth-order valence-electron chi connectivity index (χ4n) is 1.85. The Morgan fingerprint density at radius 2 is 2.00 bits per heavy atom. The van der Waals surface area contributed by atoms with Crippen LogP contribution in [-0.4, -0.2) is 51.2 Å². The van der Waals surface area contributed by atoms with Gasteiger partial charge in [-0.1, -0.05) is 20.8 Å². The van der Waals surface area contributed by atoms with E-state index in [1.165, 1.54) is 7.11 Å². The Kier molecular flexibility index (Phi) is 6.60. The van der Waals surface area contributed by atoms with Crippen LogP contribution in [0.3, 0.4) is 0 Å². The van der Waals surface area contributed by atoms with E-state index in [2.05, 4.69) is 38.2 Å². The van der Waals surface area contributed by atoms with E-state index >= 15 is 0 Å². The van der Waals surface area contributed by atoms with E-state index in [9.17, 15) is 4.79 Å². The maximum atomic E-state index is 11.4. The summed E-state index contributed by atoms with van der Waals surface area (Å²) >= 11 is 0. The summed E-state index contributed by atoms with van der Waals surface area (Å²) < 4.78 is 4.74. The zero-order valence-corrected chi connectivity index (χ0v) is 11.5. The fraction of sp³-hybridized carbons (Fsp3) is 0.917. The molecule has 16 heavy (non-hydrogen) atoms. The second-order valence-corrected chi connectivity index (χ2v) is 5.27. The Morgan fingerprint density at radius 3 is 2.38 bits per heavy atom. The van der Waals surface area contributed by atoms with Crippen molar-refractivity contribution in [3.63, 3.8) is 0 Å². The normalized spacial score (nSPS) is 13.9. The molecule has 0 saturated heterocycles. The molecule has 0 bridgehead atoms. The quantitative estimate of drug-likeness (QED) is 0.665. The minimum atomic E-state index is -0.188. The molecule has 0 aliphatic carbocycles. The fourth-order valence-corrected chi connectivity index (χ4v) is 1.85. The molecule has 0 radical (unpaired) electrons. The Labute approximate surface area is 99.3 Å². The van der Waals surface area contributed by atoms with Crippen LogP contribution in [0.4, 0.5) is 0 Å². The predicted molar refractivity (Wildman–Crippen MR) is 66.4 cm³/mol. The SMILES string of the molecule is CCC(NCC(C)(C)CN(C)C)C(=O)OC. The molecule has 0 aromatic heterocycles. The van der Waals surface area contributed by atoms with Crippen LogP contribution >= 0.6 is 0 Å². The summed E-state index contributed by atoms with van der Waals surface area (Å²) in [6.45, 7) is 8.14. The third-order valence-electron chi connectivity index (χ3n) is 2.47. The van der Waals surface area contributed by atoms with Gasteiger partial charge in [0.15, 0.2) is 0 Å². The third kappa shape index (κ3) is 6.08. The second-order valence-electron chi connectivity index (χ2n) is 5.27. The molecule has 0 spiro atoms. The number of hydrogen-bond donors (Lipinski definition) is 1. The third-order valence-corrected chi connectivity index (χ3v) is 2.47. The highest BCUT2D eigenvalue weighted by molar-refractivity contribution is 5.75. The Morgan fingerprint density at radius 1 is 1.44 bits per heavy atom. The molecule has 0 aromatic rings. The highest BCUT2D eigenvalue weighted by Gasteiger charge is 2.23. The van der Waals surface area contributed by atoms with Crippen molar-refractivity contribution in [2.45, 2.75) is 33.2 Å². The van der Waals surface area contributed by atoms with Crippen LogP contribution in [0.25, 0.3) is 0 Å². The maximum absolute atomic E-state index is 11.4. The molecule has 1 N–H and O–H groups in total. The van der Waals surface area contributed by atoms with Crippen LogP contribution in [0.5, 0.6) is 0 Å². The van der Waals surface area contributed by atoms with E-state index in [1.807, 2.05) is 6.92 Å². The van der Waals surface area contributed by atoms with Crippen LogP contribution in [0.1, 0.15) is 27.2 Å². The van der Waals surface area contributed by atoms with Crippen LogP contribution in [0, 0.1) is 5.41 Å². The Hall–Kier alpha value is -0.610. The average molecular weight is 230 g/mol. The van der Waals surface area contributed by atoms with Gasteiger partial charge in [0.05, 0.1) is 7.11 Å². The van der Waals surface area contributed by atoms with Gasteiger partial charge in [-0.3, -0.25) is 4.79 Å². The van der Waals surface area contributed by atoms with Crippen LogP contribution in [0.15, 0.2) is 0 Å². The lowest BCUT2D eigenvalue weighted by molar-refractivity contribution is -0.143. The molecule has 0 aliphatic heterocycles. The number of rotatable bonds is 7. The highest BCUT2D eigenvalue weighted by atomic mass is 16.5. The number of hydrogen-bond acceptors (Lipinski definition) is 4. The molecule has 1 atom stereocenters. The Bertz CT molecular complexity index is 215. The molecule has 0 heterocycles. The lowest BCUT2D eigenvalue weighted by Gasteiger charge is -2.30. The van der Waals surface area contributed by atoms with Crippen molar-refractivity contribution in [1.29, 1.82) is 0 Å². The van der Waals surface area contributed by atoms with Gasteiger partial charge in [-0.15, -0.1) is 0 Å². The predicted octanol–water partition coefficient (Wildman–Crippen LogP) is 1.12. The zero-order valence-electron chi connectivity index (χ0n) is 11.5. The average Bonchev–Trinajstić information content (AvgIpc) is 2.16. The van der Waals surface area contributed by atoms with Crippen LogP contribution < -0.4 is 5.32 Å². The molecule has 0 saturated carbocycles. The van der Waals surface area contributed by atoms with E-state index in [0.717, 1.165) is 19.5 Å². The summed E-state index contributed by atoms with van der Waals surface area (Å²) in [5.74, 6) is -0.178. The maximum Gasteiger partial charge on any atom is 0.322 e. The molecular weight excluding hydrogens is 204 g/mol. The topological polar surface area (TPSA) is 41.6 Å². The number of carbonyl (C=O) groups excluding carboxylic acids is 1. The van der Waals surface area contributed by atoms with E-state index in [1.54, 1.807) is 0 Å². The van der Waals surface area contributed by atoms with E-state index < -0.39 is 0 Å². The molecule has 0 fully saturated rings. The van der Waals surface area contributed by atoms with Crippen molar-refractivity contribution in [3.8, 4) is 0 Å². The summed E-state index contributed by atoms with van der Waals surface area (Å²) in [6, 6.07) is -0.188. The van der Waals surface area contributed by atoms with E-state index in [4.69, 9.17) is 4.74 Å². The number of methoxy groups -OCH3 is 1. The standard InChI is InChI=1S/C12H26N2O2/c1-7-10(11(15)16-6)13-8-12(2,3)9-14(4)5/h10,13H,7-9H2,1-6H3. The largest absolute Gasteiger partial charge is 0.468 e. The number of nitrogens with one attached hydrogen (secondary N) is 1. The molecule has 0 rings (SSSR count). The van der Waals surface area contributed by atoms with Crippen molar-refractivity contribution in [1.82, 2.24) is 10.2 Å². The molecule has 1 unspecified atom stereocenters. The first-order valence-electron chi connectivity index (χ1n) is 5.78. The second kappa shape index (κ2) is 6.86. The molecule has 4 nitrogen and oxygen atoms in total. The van der Waals surface area contributed by atoms with Gasteiger partial charge in [-0.05, 0) is 25.9 Å². The molecule has 0 aliphatic rings. The summed E-state index contributed by atoms with van der Waals surface area (Å²) in [5, 5.41) is 3.26. The first-order valence-corrected chi connectivity index (χ1v) is 5.78. The van der Waals surface area contributed by atoms with Crippen molar-refractivity contribution < 1.29 is 9.53 Å². The molecule has 0 amide bonds. The lowest BCUT2D eigenvalue weighted by atomic mass is 9.92. The summed E-state index contributed by atoms with van der Waals surface area (Å²) in [7, 11) is 5.54. The van der Waals surface area contributed by atoms with Gasteiger partial charge in [-0.2, -0.15) is 0 Å². The van der Waals surface area contributed by atoms with Crippen molar-refractivity contribution >= 4 is 5.97 Å². The Balaban J connectivity index is 4.14. The first kappa shape index (κ1) is 15.4. The number of carbonyl (C=O) groups is 1. The summed E-state index contributed by atoms with van der Waals surface area (Å²) in [5.41, 5.74) is 0.144. The molecular formula is C12H26N2O2.